The van der Waals surface area contributed by atoms with Gasteiger partial charge in [-0.15, -0.1) is 0 Å². The van der Waals surface area contributed by atoms with Crippen molar-refractivity contribution in [1.29, 1.82) is 0 Å². The van der Waals surface area contributed by atoms with Crippen molar-refractivity contribution in [2.45, 2.75) is 40.2 Å². The molecule has 0 bridgehead atoms. The van der Waals surface area contributed by atoms with Crippen molar-refractivity contribution in [1.82, 2.24) is 20.0 Å². The van der Waals surface area contributed by atoms with Crippen LogP contribution in [-0.4, -0.2) is 47.1 Å². The number of amides is 2. The summed E-state index contributed by atoms with van der Waals surface area (Å²) in [7, 11) is 3.32. The molecule has 0 unspecified atom stereocenters. The molecule has 1 N–H and O–H groups in total. The molecule has 6 nitrogen and oxygen atoms in total. The molecule has 0 atom stereocenters. The number of carbonyl (C=O) groups is 2. The zero-order valence-electron chi connectivity index (χ0n) is 13.0. The van der Waals surface area contributed by atoms with E-state index in [1.54, 1.807) is 19.0 Å². The summed E-state index contributed by atoms with van der Waals surface area (Å²) in [4.78, 5) is 25.0. The molecule has 1 aromatic heterocycles. The third-order valence-corrected chi connectivity index (χ3v) is 3.54. The molecular formula is C14H24N4O2. The maximum Gasteiger partial charge on any atom is 0.226 e. The number of carbonyl (C=O) groups excluding carboxylic acids is 2. The molecule has 2 amide bonds. The first-order valence-electron chi connectivity index (χ1n) is 6.88. The summed E-state index contributed by atoms with van der Waals surface area (Å²) in [5, 5.41) is 6.96. The van der Waals surface area contributed by atoms with Gasteiger partial charge in [0.05, 0.1) is 12.1 Å². The van der Waals surface area contributed by atoms with Crippen LogP contribution in [0.1, 0.15) is 30.3 Å². The summed E-state index contributed by atoms with van der Waals surface area (Å²) in [6.07, 6.45) is 0.660. The Morgan fingerprint density at radius 2 is 2.00 bits per heavy atom. The van der Waals surface area contributed by atoms with Crippen LogP contribution in [0.2, 0.25) is 0 Å². The molecular weight excluding hydrogens is 256 g/mol. The van der Waals surface area contributed by atoms with E-state index in [1.807, 2.05) is 25.5 Å². The van der Waals surface area contributed by atoms with Crippen molar-refractivity contribution in [2.24, 2.45) is 0 Å². The average molecular weight is 280 g/mol. The van der Waals surface area contributed by atoms with Gasteiger partial charge in [0.25, 0.3) is 0 Å². The van der Waals surface area contributed by atoms with E-state index < -0.39 is 0 Å². The Morgan fingerprint density at radius 1 is 1.35 bits per heavy atom. The summed E-state index contributed by atoms with van der Waals surface area (Å²) in [6, 6.07) is 0. The van der Waals surface area contributed by atoms with Crippen LogP contribution in [0, 0.1) is 13.8 Å². The Bertz CT molecular complexity index is 494. The van der Waals surface area contributed by atoms with E-state index in [-0.39, 0.29) is 11.8 Å². The first-order chi connectivity index (χ1) is 9.40. The molecule has 0 spiro atoms. The number of rotatable bonds is 6. The van der Waals surface area contributed by atoms with Gasteiger partial charge >= 0.3 is 0 Å². The summed E-state index contributed by atoms with van der Waals surface area (Å²) >= 11 is 0. The van der Waals surface area contributed by atoms with Crippen LogP contribution in [0.4, 0.5) is 0 Å². The van der Waals surface area contributed by atoms with Gasteiger partial charge in [-0.3, -0.25) is 14.3 Å². The second kappa shape index (κ2) is 7.07. The van der Waals surface area contributed by atoms with Gasteiger partial charge in [0.1, 0.15) is 0 Å². The molecule has 1 heterocycles. The van der Waals surface area contributed by atoms with Crippen LogP contribution < -0.4 is 5.32 Å². The minimum absolute atomic E-state index is 0.00996. The fourth-order valence-corrected chi connectivity index (χ4v) is 2.10. The number of likely N-dealkylation sites (N-methyl/N-ethyl adjacent to an activating group) is 1. The fourth-order valence-electron chi connectivity index (χ4n) is 2.10. The Kier molecular flexibility index (Phi) is 5.73. The number of hydrogen-bond acceptors (Lipinski definition) is 3. The van der Waals surface area contributed by atoms with Gasteiger partial charge in [0.2, 0.25) is 11.8 Å². The molecule has 0 aliphatic carbocycles. The molecule has 0 fully saturated rings. The lowest BCUT2D eigenvalue weighted by Gasteiger charge is -2.16. The van der Waals surface area contributed by atoms with E-state index >= 15 is 0 Å². The molecule has 0 aromatic carbocycles. The summed E-state index contributed by atoms with van der Waals surface area (Å²) in [5.41, 5.74) is 2.93. The second-order valence-electron chi connectivity index (χ2n) is 4.88. The topological polar surface area (TPSA) is 67.2 Å². The van der Waals surface area contributed by atoms with Gasteiger partial charge < -0.3 is 10.2 Å². The summed E-state index contributed by atoms with van der Waals surface area (Å²) < 4.78 is 1.91. The highest BCUT2D eigenvalue weighted by molar-refractivity contribution is 5.80. The zero-order chi connectivity index (χ0) is 15.3. The summed E-state index contributed by atoms with van der Waals surface area (Å²) in [6.45, 7) is 7.16. The van der Waals surface area contributed by atoms with E-state index in [2.05, 4.69) is 10.4 Å². The molecule has 0 aliphatic heterocycles. The van der Waals surface area contributed by atoms with Gasteiger partial charge in [0, 0.05) is 44.9 Å². The lowest BCUT2D eigenvalue weighted by molar-refractivity contribution is -0.129. The monoisotopic (exact) mass is 280 g/mol. The van der Waals surface area contributed by atoms with Gasteiger partial charge in [0.15, 0.2) is 0 Å². The van der Waals surface area contributed by atoms with Crippen molar-refractivity contribution in [3.8, 4) is 0 Å². The van der Waals surface area contributed by atoms with Gasteiger partial charge in [-0.2, -0.15) is 5.10 Å². The predicted molar refractivity (Wildman–Crippen MR) is 77.4 cm³/mol. The smallest absolute Gasteiger partial charge is 0.226 e. The Hall–Kier alpha value is -1.85. The van der Waals surface area contributed by atoms with Gasteiger partial charge in [-0.05, 0) is 20.8 Å². The number of aryl methyl sites for hydroxylation is 2. The highest BCUT2D eigenvalue weighted by Gasteiger charge is 2.17. The van der Waals surface area contributed by atoms with E-state index in [0.717, 1.165) is 23.5 Å². The van der Waals surface area contributed by atoms with E-state index in [1.165, 1.54) is 0 Å². The molecule has 0 saturated heterocycles. The molecule has 20 heavy (non-hydrogen) atoms. The van der Waals surface area contributed by atoms with Crippen LogP contribution in [0.5, 0.6) is 0 Å². The highest BCUT2D eigenvalue weighted by Crippen LogP contribution is 2.14. The Balaban J connectivity index is 2.66. The quantitative estimate of drug-likeness (QED) is 0.832. The molecule has 0 aliphatic rings. The normalized spacial score (nSPS) is 10.4. The van der Waals surface area contributed by atoms with Crippen LogP contribution in [0.15, 0.2) is 0 Å². The minimum Gasteiger partial charge on any atom is -0.359 e. The first-order valence-corrected chi connectivity index (χ1v) is 6.88. The zero-order valence-corrected chi connectivity index (χ0v) is 13.0. The summed E-state index contributed by atoms with van der Waals surface area (Å²) in [5.74, 6) is -0.0495. The lowest BCUT2D eigenvalue weighted by Crippen LogP contribution is -2.32. The molecule has 0 radical (unpaired) electrons. The fraction of sp³-hybridized carbons (Fsp3) is 0.643. The van der Waals surface area contributed by atoms with Crippen LogP contribution in [0.25, 0.3) is 0 Å². The number of nitrogens with one attached hydrogen (secondary N) is 1. The highest BCUT2D eigenvalue weighted by atomic mass is 16.2. The van der Waals surface area contributed by atoms with Crippen molar-refractivity contribution < 1.29 is 9.59 Å². The number of nitrogens with zero attached hydrogens (tertiary/aromatic N) is 3. The molecule has 6 heteroatoms. The third kappa shape index (κ3) is 3.82. The lowest BCUT2D eigenvalue weighted by atomic mass is 10.1. The molecule has 112 valence electrons. The molecule has 0 saturated carbocycles. The number of hydrogen-bond donors (Lipinski definition) is 1. The van der Waals surface area contributed by atoms with Crippen LogP contribution in [0.3, 0.4) is 0 Å². The second-order valence-corrected chi connectivity index (χ2v) is 4.88. The minimum atomic E-state index is -0.0594. The largest absolute Gasteiger partial charge is 0.359 e. The van der Waals surface area contributed by atoms with Crippen molar-refractivity contribution in [3.63, 3.8) is 0 Å². The maximum atomic E-state index is 12.2. The third-order valence-electron chi connectivity index (χ3n) is 3.54. The van der Waals surface area contributed by atoms with Crippen molar-refractivity contribution in [3.05, 3.63) is 17.0 Å². The van der Waals surface area contributed by atoms with Gasteiger partial charge in [-0.1, -0.05) is 0 Å². The average Bonchev–Trinajstić information content (AvgIpc) is 2.71. The van der Waals surface area contributed by atoms with Crippen LogP contribution in [-0.2, 0) is 22.6 Å². The van der Waals surface area contributed by atoms with Crippen molar-refractivity contribution >= 4 is 11.8 Å². The Labute approximate surface area is 120 Å². The maximum absolute atomic E-state index is 12.2. The number of aromatic nitrogens is 2. The predicted octanol–water partition coefficient (Wildman–Crippen LogP) is 0.657. The van der Waals surface area contributed by atoms with E-state index in [9.17, 15) is 9.59 Å². The van der Waals surface area contributed by atoms with E-state index in [0.29, 0.717) is 19.4 Å². The van der Waals surface area contributed by atoms with Crippen LogP contribution >= 0.6 is 0 Å². The molecule has 1 aromatic rings. The SMILES string of the molecule is CCn1nc(C)c(CC(=O)N(C)CCC(=O)NC)c1C. The standard InChI is InChI=1S/C14H24N4O2/c1-6-18-11(3)12(10(2)16-18)9-14(20)17(5)8-7-13(19)15-4/h6-9H2,1-5H3,(H,15,19). The Morgan fingerprint density at radius 3 is 2.50 bits per heavy atom. The van der Waals surface area contributed by atoms with E-state index in [4.69, 9.17) is 0 Å². The first kappa shape index (κ1) is 16.2. The van der Waals surface area contributed by atoms with Crippen molar-refractivity contribution in [2.75, 3.05) is 20.6 Å². The van der Waals surface area contributed by atoms with Gasteiger partial charge in [-0.25, -0.2) is 0 Å². The molecule has 1 rings (SSSR count).